The van der Waals surface area contributed by atoms with Crippen molar-refractivity contribution in [3.05, 3.63) is 46.6 Å². The van der Waals surface area contributed by atoms with Crippen LogP contribution in [0.1, 0.15) is 30.1 Å². The van der Waals surface area contributed by atoms with Crippen LogP contribution in [-0.4, -0.2) is 9.97 Å². The molecule has 0 radical (unpaired) electrons. The molecule has 0 aliphatic heterocycles. The number of aromatic nitrogens is 2. The van der Waals surface area contributed by atoms with E-state index in [2.05, 4.69) is 9.97 Å². The second-order valence-corrected chi connectivity index (χ2v) is 5.04. The molecule has 1 heterocycles. The van der Waals surface area contributed by atoms with Crippen LogP contribution in [0, 0.1) is 12.7 Å². The highest BCUT2D eigenvalue weighted by molar-refractivity contribution is 6.29. The third kappa shape index (κ3) is 2.68. The fourth-order valence-corrected chi connectivity index (χ4v) is 1.98. The number of nitrogens with zero attached hydrogens (tertiary/aromatic N) is 2. The van der Waals surface area contributed by atoms with Gasteiger partial charge in [-0.2, -0.15) is 4.98 Å². The maximum atomic E-state index is 13.9. The van der Waals surface area contributed by atoms with Gasteiger partial charge < -0.3 is 4.74 Å². The van der Waals surface area contributed by atoms with Crippen LogP contribution in [0.5, 0.6) is 11.6 Å². The standard InChI is InChI=1S/C14H12ClFN2O/c1-8-3-2-4-10(13(8)16)19-12-7-11(15)17-14(18-12)9-5-6-9/h2-4,7,9H,5-6H2,1H3. The van der Waals surface area contributed by atoms with Gasteiger partial charge in [-0.3, -0.25) is 0 Å². The molecule has 19 heavy (non-hydrogen) atoms. The van der Waals surface area contributed by atoms with E-state index in [1.807, 2.05) is 0 Å². The van der Waals surface area contributed by atoms with Crippen LogP contribution in [0.25, 0.3) is 0 Å². The molecule has 0 saturated heterocycles. The average molecular weight is 279 g/mol. The van der Waals surface area contributed by atoms with E-state index in [0.29, 0.717) is 22.5 Å². The van der Waals surface area contributed by atoms with Crippen molar-refractivity contribution in [3.8, 4) is 11.6 Å². The van der Waals surface area contributed by atoms with Crippen LogP contribution < -0.4 is 4.74 Å². The van der Waals surface area contributed by atoms with Crippen molar-refractivity contribution in [2.75, 3.05) is 0 Å². The quantitative estimate of drug-likeness (QED) is 0.788. The van der Waals surface area contributed by atoms with E-state index in [1.165, 1.54) is 6.07 Å². The maximum Gasteiger partial charge on any atom is 0.224 e. The zero-order chi connectivity index (χ0) is 13.4. The van der Waals surface area contributed by atoms with Gasteiger partial charge in [-0.25, -0.2) is 9.37 Å². The summed E-state index contributed by atoms with van der Waals surface area (Å²) in [5.74, 6) is 1.09. The predicted molar refractivity (Wildman–Crippen MR) is 70.2 cm³/mol. The Hall–Kier alpha value is -1.68. The lowest BCUT2D eigenvalue weighted by atomic mass is 10.2. The molecule has 0 N–H and O–H groups in total. The van der Waals surface area contributed by atoms with E-state index >= 15 is 0 Å². The summed E-state index contributed by atoms with van der Waals surface area (Å²) in [6.45, 7) is 1.69. The first kappa shape index (κ1) is 12.4. The van der Waals surface area contributed by atoms with E-state index in [9.17, 15) is 4.39 Å². The largest absolute Gasteiger partial charge is 0.436 e. The molecule has 1 aromatic heterocycles. The van der Waals surface area contributed by atoms with Crippen molar-refractivity contribution in [1.82, 2.24) is 9.97 Å². The first-order valence-electron chi connectivity index (χ1n) is 6.11. The molecule has 2 aromatic rings. The van der Waals surface area contributed by atoms with Crippen molar-refractivity contribution < 1.29 is 9.13 Å². The van der Waals surface area contributed by atoms with Crippen molar-refractivity contribution in [2.45, 2.75) is 25.7 Å². The highest BCUT2D eigenvalue weighted by Gasteiger charge is 2.27. The van der Waals surface area contributed by atoms with Crippen LogP contribution in [-0.2, 0) is 0 Å². The minimum absolute atomic E-state index is 0.150. The summed E-state index contributed by atoms with van der Waals surface area (Å²) in [5.41, 5.74) is 0.528. The second kappa shape index (κ2) is 4.78. The molecule has 0 atom stereocenters. The number of rotatable bonds is 3. The lowest BCUT2D eigenvalue weighted by Crippen LogP contribution is -1.98. The lowest BCUT2D eigenvalue weighted by Gasteiger charge is -2.08. The van der Waals surface area contributed by atoms with Crippen molar-refractivity contribution >= 4 is 11.6 Å². The van der Waals surface area contributed by atoms with Crippen molar-refractivity contribution in [2.24, 2.45) is 0 Å². The van der Waals surface area contributed by atoms with E-state index in [1.54, 1.807) is 25.1 Å². The molecule has 0 amide bonds. The molecule has 1 aliphatic rings. The van der Waals surface area contributed by atoms with E-state index in [4.69, 9.17) is 16.3 Å². The Morgan fingerprint density at radius 3 is 2.84 bits per heavy atom. The minimum atomic E-state index is -0.384. The van der Waals surface area contributed by atoms with Gasteiger partial charge in [0, 0.05) is 12.0 Å². The Bertz CT molecular complexity index is 629. The van der Waals surface area contributed by atoms with Crippen LogP contribution in [0.2, 0.25) is 5.15 Å². The summed E-state index contributed by atoms with van der Waals surface area (Å²) < 4.78 is 19.3. The summed E-state index contributed by atoms with van der Waals surface area (Å²) in [4.78, 5) is 8.44. The Labute approximate surface area is 115 Å². The van der Waals surface area contributed by atoms with Gasteiger partial charge in [0.05, 0.1) is 0 Å². The normalized spacial score (nSPS) is 14.5. The topological polar surface area (TPSA) is 35.0 Å². The summed E-state index contributed by atoms with van der Waals surface area (Å²) in [6, 6.07) is 6.48. The summed E-state index contributed by atoms with van der Waals surface area (Å²) in [5, 5.41) is 0.319. The number of ether oxygens (including phenoxy) is 1. The van der Waals surface area contributed by atoms with Crippen LogP contribution in [0.15, 0.2) is 24.3 Å². The third-order valence-corrected chi connectivity index (χ3v) is 3.20. The maximum absolute atomic E-state index is 13.9. The van der Waals surface area contributed by atoms with Gasteiger partial charge in [0.2, 0.25) is 5.88 Å². The highest BCUT2D eigenvalue weighted by atomic mass is 35.5. The smallest absolute Gasteiger partial charge is 0.224 e. The monoisotopic (exact) mass is 278 g/mol. The van der Waals surface area contributed by atoms with Gasteiger partial charge in [-0.05, 0) is 31.4 Å². The first-order chi connectivity index (χ1) is 9.13. The molecule has 0 spiro atoms. The Morgan fingerprint density at radius 2 is 2.11 bits per heavy atom. The minimum Gasteiger partial charge on any atom is -0.436 e. The van der Waals surface area contributed by atoms with Crippen LogP contribution in [0.4, 0.5) is 4.39 Å². The van der Waals surface area contributed by atoms with Crippen LogP contribution in [0.3, 0.4) is 0 Å². The predicted octanol–water partition coefficient (Wildman–Crippen LogP) is 4.25. The number of benzene rings is 1. The average Bonchev–Trinajstić information content (AvgIpc) is 3.18. The molecule has 1 aromatic carbocycles. The van der Waals surface area contributed by atoms with Crippen LogP contribution >= 0.6 is 11.6 Å². The molecular weight excluding hydrogens is 267 g/mol. The Morgan fingerprint density at radius 1 is 1.32 bits per heavy atom. The van der Waals surface area contributed by atoms with Gasteiger partial charge in [0.25, 0.3) is 0 Å². The van der Waals surface area contributed by atoms with E-state index < -0.39 is 0 Å². The van der Waals surface area contributed by atoms with Gasteiger partial charge in [0.15, 0.2) is 11.6 Å². The molecule has 5 heteroatoms. The van der Waals surface area contributed by atoms with Gasteiger partial charge in [-0.15, -0.1) is 0 Å². The number of hydrogen-bond acceptors (Lipinski definition) is 3. The van der Waals surface area contributed by atoms with Crippen molar-refractivity contribution in [1.29, 1.82) is 0 Å². The molecule has 1 saturated carbocycles. The third-order valence-electron chi connectivity index (χ3n) is 3.00. The number of aryl methyl sites for hydroxylation is 1. The SMILES string of the molecule is Cc1cccc(Oc2cc(Cl)nc(C3CC3)n2)c1F. The number of halogens is 2. The molecular formula is C14H12ClFN2O. The van der Waals surface area contributed by atoms with Crippen molar-refractivity contribution in [3.63, 3.8) is 0 Å². The fourth-order valence-electron chi connectivity index (χ4n) is 1.80. The molecule has 1 fully saturated rings. The fraction of sp³-hybridized carbons (Fsp3) is 0.286. The molecule has 0 unspecified atom stereocenters. The molecule has 3 rings (SSSR count). The van der Waals surface area contributed by atoms with E-state index in [0.717, 1.165) is 12.8 Å². The summed E-state index contributed by atoms with van der Waals surface area (Å²) in [7, 11) is 0. The van der Waals surface area contributed by atoms with Gasteiger partial charge in [0.1, 0.15) is 11.0 Å². The Balaban J connectivity index is 1.92. The molecule has 3 nitrogen and oxygen atoms in total. The molecule has 1 aliphatic carbocycles. The molecule has 0 bridgehead atoms. The zero-order valence-corrected chi connectivity index (χ0v) is 11.1. The number of hydrogen-bond donors (Lipinski definition) is 0. The Kier molecular flexibility index (Phi) is 3.11. The van der Waals surface area contributed by atoms with Gasteiger partial charge in [-0.1, -0.05) is 23.7 Å². The van der Waals surface area contributed by atoms with Gasteiger partial charge >= 0.3 is 0 Å². The summed E-state index contributed by atoms with van der Waals surface area (Å²) >= 11 is 5.93. The zero-order valence-electron chi connectivity index (χ0n) is 10.4. The molecule has 98 valence electrons. The summed E-state index contributed by atoms with van der Waals surface area (Å²) in [6.07, 6.45) is 2.14. The van der Waals surface area contributed by atoms with E-state index in [-0.39, 0.29) is 17.4 Å². The highest BCUT2D eigenvalue weighted by Crippen LogP contribution is 2.39. The second-order valence-electron chi connectivity index (χ2n) is 4.65. The first-order valence-corrected chi connectivity index (χ1v) is 6.49. The lowest BCUT2D eigenvalue weighted by molar-refractivity contribution is 0.422.